The lowest BCUT2D eigenvalue weighted by molar-refractivity contribution is -0.119. The van der Waals surface area contributed by atoms with E-state index in [0.29, 0.717) is 124 Å². The fourth-order valence-electron chi connectivity index (χ4n) is 8.80. The molecule has 0 saturated carbocycles. The summed E-state index contributed by atoms with van der Waals surface area (Å²) in [6.45, 7) is 6.51. The molecule has 374 valence electrons. The molecule has 1 aromatic heterocycles. The number of nitrogens with two attached hydrogens (primary N) is 2. The Balaban J connectivity index is 0.723. The maximum atomic E-state index is 13.5. The van der Waals surface area contributed by atoms with Crippen LogP contribution in [0.4, 0.5) is 17.5 Å². The summed E-state index contributed by atoms with van der Waals surface area (Å²) in [5.74, 6) is 1.46. The van der Waals surface area contributed by atoms with Gasteiger partial charge in [-0.25, -0.2) is 14.4 Å². The number of nitrogens with one attached hydrogen (secondary N) is 1. The van der Waals surface area contributed by atoms with E-state index in [4.69, 9.17) is 39.6 Å². The molecule has 3 aromatic carbocycles. The molecule has 2 fully saturated rings. The molecule has 71 heavy (non-hydrogen) atoms. The molecule has 0 radical (unpaired) electrons. The molecule has 3 aliphatic heterocycles. The van der Waals surface area contributed by atoms with Crippen LogP contribution in [0.1, 0.15) is 89.6 Å². The van der Waals surface area contributed by atoms with E-state index in [1.165, 1.54) is 6.07 Å². The van der Waals surface area contributed by atoms with Gasteiger partial charge in [0.15, 0.2) is 11.5 Å². The number of nitrogens with zero attached hydrogens (tertiary/aromatic N) is 4. The molecular formula is C54H64N7O10+. The van der Waals surface area contributed by atoms with Crippen molar-refractivity contribution in [3.63, 3.8) is 0 Å². The lowest BCUT2D eigenvalue weighted by Crippen LogP contribution is -2.40. The van der Waals surface area contributed by atoms with Gasteiger partial charge >= 0.3 is 5.97 Å². The highest BCUT2D eigenvalue weighted by Crippen LogP contribution is 2.43. The first kappa shape index (κ1) is 50.2. The van der Waals surface area contributed by atoms with Crippen molar-refractivity contribution in [1.29, 1.82) is 0 Å². The minimum absolute atomic E-state index is 0.103. The van der Waals surface area contributed by atoms with Gasteiger partial charge in [-0.05, 0) is 98.2 Å². The highest BCUT2D eigenvalue weighted by Gasteiger charge is 2.26. The van der Waals surface area contributed by atoms with Gasteiger partial charge in [0.25, 0.3) is 5.91 Å². The molecule has 0 bridgehead atoms. The summed E-state index contributed by atoms with van der Waals surface area (Å²) in [5.41, 5.74) is 17.4. The Morgan fingerprint density at radius 1 is 0.803 bits per heavy atom. The maximum Gasteiger partial charge on any atom is 0.336 e. The number of carbonyl (C=O) groups is 3. The summed E-state index contributed by atoms with van der Waals surface area (Å²) in [4.78, 5) is 49.1. The first-order valence-electron chi connectivity index (χ1n) is 24.5. The predicted octanol–water partition coefficient (Wildman–Crippen LogP) is 6.99. The van der Waals surface area contributed by atoms with Crippen LogP contribution in [0, 0.1) is 0 Å². The molecule has 8 rings (SSSR count). The smallest absolute Gasteiger partial charge is 0.336 e. The SMILES string of the molecule is COc1cc(Cc2cnc(N)nc2N)cc(OC)c1OCCCCC(=O)CCCCOCCOCCCNC(=O)c1ccc(C(=O)O)c(-c2c3ccc(=[N+]4CCC4)cc-3oc3cc(N4CCC4)ccc23)c1. The first-order valence-corrected chi connectivity index (χ1v) is 24.5. The number of amides is 1. The Kier molecular flexibility index (Phi) is 17.0. The number of Topliss-reactive ketones (excluding diaryl/α,β-unsaturated/α-hetero) is 1. The normalized spacial score (nSPS) is 13.2. The van der Waals surface area contributed by atoms with E-state index in [1.54, 1.807) is 32.5 Å². The Morgan fingerprint density at radius 2 is 1.54 bits per heavy atom. The summed E-state index contributed by atoms with van der Waals surface area (Å²) in [5, 5.41) is 15.2. The van der Waals surface area contributed by atoms with Crippen molar-refractivity contribution in [2.24, 2.45) is 0 Å². The minimum Gasteiger partial charge on any atom is -0.493 e. The third kappa shape index (κ3) is 12.6. The Bertz CT molecular complexity index is 2870. The largest absolute Gasteiger partial charge is 0.493 e. The van der Waals surface area contributed by atoms with Crippen LogP contribution >= 0.6 is 0 Å². The topological polar surface area (TPSA) is 227 Å². The van der Waals surface area contributed by atoms with Gasteiger partial charge in [-0.3, -0.25) is 9.59 Å². The Labute approximate surface area is 413 Å². The van der Waals surface area contributed by atoms with Crippen molar-refractivity contribution in [3.8, 4) is 39.7 Å². The average molecular weight is 971 g/mol. The van der Waals surface area contributed by atoms with E-state index in [-0.39, 0.29) is 23.2 Å². The van der Waals surface area contributed by atoms with Gasteiger partial charge in [0.1, 0.15) is 36.0 Å². The van der Waals surface area contributed by atoms with Crippen LogP contribution in [0.2, 0.25) is 0 Å². The second-order valence-electron chi connectivity index (χ2n) is 17.9. The van der Waals surface area contributed by atoms with Crippen LogP contribution in [0.5, 0.6) is 17.2 Å². The lowest BCUT2D eigenvalue weighted by atomic mass is 9.89. The van der Waals surface area contributed by atoms with Gasteiger partial charge in [0.2, 0.25) is 17.1 Å². The third-order valence-electron chi connectivity index (χ3n) is 13.0. The van der Waals surface area contributed by atoms with Crippen LogP contribution < -0.4 is 45.8 Å². The number of carboxylic acids is 1. The van der Waals surface area contributed by atoms with Crippen LogP contribution in [0.3, 0.4) is 0 Å². The molecule has 4 heterocycles. The predicted molar refractivity (Wildman–Crippen MR) is 272 cm³/mol. The maximum absolute atomic E-state index is 13.5. The number of rotatable bonds is 26. The summed E-state index contributed by atoms with van der Waals surface area (Å²) in [6, 6.07) is 20.6. The molecule has 6 N–H and O–H groups in total. The Hall–Kier alpha value is -7.24. The number of hydrogen-bond acceptors (Lipinski definition) is 14. The summed E-state index contributed by atoms with van der Waals surface area (Å²) < 4.78 is 37.6. The number of aromatic nitrogens is 2. The number of carbonyl (C=O) groups excluding carboxylic acids is 2. The standard InChI is InChI=1S/C54H63N7O10/c1-66-47-29-35(28-37-34-58-54(56)59-51(37)55)30-48(67-2)50(47)70-25-6-4-11-40(62)10-3-5-23-68-26-27-69-24-7-18-57-52(63)36-12-15-41(53(64)65)44(31-36)49-42-16-13-38(60-19-8-20-60)32-45(42)71-46-33-39(14-17-43(46)49)61-21-9-22-61/h12-17,29-34H,3-11,18-28H2,1-2H3,(H5-,55,56,57,58,59,63,64,65)/p+1. The van der Waals surface area contributed by atoms with Gasteiger partial charge in [-0.2, -0.15) is 4.98 Å². The number of ketones is 1. The fraction of sp³-hybridized carbons (Fsp3) is 0.407. The number of ether oxygens (including phenoxy) is 5. The van der Waals surface area contributed by atoms with E-state index in [2.05, 4.69) is 36.9 Å². The average Bonchev–Trinajstić information content (AvgIpc) is 3.33. The molecule has 4 aromatic rings. The van der Waals surface area contributed by atoms with Crippen LogP contribution in [-0.2, 0) is 20.7 Å². The van der Waals surface area contributed by atoms with E-state index in [9.17, 15) is 19.5 Å². The highest BCUT2D eigenvalue weighted by atomic mass is 16.5. The number of methoxy groups -OCH3 is 2. The number of carboxylic acid groups (broad SMARTS) is 1. The van der Waals surface area contributed by atoms with E-state index in [0.717, 1.165) is 90.5 Å². The van der Waals surface area contributed by atoms with Gasteiger partial charge in [-0.1, -0.05) is 0 Å². The highest BCUT2D eigenvalue weighted by molar-refractivity contribution is 6.09. The molecule has 0 atom stereocenters. The number of hydrogen-bond donors (Lipinski definition) is 4. The summed E-state index contributed by atoms with van der Waals surface area (Å²) >= 11 is 0. The molecular weight excluding hydrogens is 907 g/mol. The number of anilines is 3. The minimum atomic E-state index is -1.08. The van der Waals surface area contributed by atoms with Crippen LogP contribution in [0.25, 0.3) is 33.4 Å². The molecule has 17 heteroatoms. The van der Waals surface area contributed by atoms with E-state index < -0.39 is 5.97 Å². The number of nitrogen functional groups attached to an aromatic ring is 2. The second-order valence-corrected chi connectivity index (χ2v) is 17.9. The zero-order valence-electron chi connectivity index (χ0n) is 40.6. The second kappa shape index (κ2) is 24.1. The van der Waals surface area contributed by atoms with Crippen molar-refractivity contribution in [1.82, 2.24) is 19.9 Å². The molecule has 1 aliphatic carbocycles. The van der Waals surface area contributed by atoms with Crippen molar-refractivity contribution in [2.75, 3.05) is 96.3 Å². The van der Waals surface area contributed by atoms with Crippen molar-refractivity contribution >= 4 is 46.1 Å². The van der Waals surface area contributed by atoms with Gasteiger partial charge in [0, 0.05) is 104 Å². The Morgan fingerprint density at radius 3 is 2.20 bits per heavy atom. The van der Waals surface area contributed by atoms with Crippen molar-refractivity contribution in [2.45, 2.75) is 64.2 Å². The van der Waals surface area contributed by atoms with E-state index >= 15 is 0 Å². The zero-order chi connectivity index (χ0) is 49.7. The number of unbranched alkanes of at least 4 members (excludes halogenated alkanes) is 2. The monoisotopic (exact) mass is 970 g/mol. The third-order valence-corrected chi connectivity index (χ3v) is 13.0. The quantitative estimate of drug-likeness (QED) is 0.0244. The summed E-state index contributed by atoms with van der Waals surface area (Å²) in [7, 11) is 3.13. The number of aromatic carboxylic acids is 1. The first-order chi connectivity index (χ1) is 34.6. The molecule has 4 aliphatic rings. The molecule has 0 unspecified atom stereocenters. The van der Waals surface area contributed by atoms with Crippen molar-refractivity contribution in [3.05, 3.63) is 101 Å². The van der Waals surface area contributed by atoms with Gasteiger partial charge < -0.3 is 54.9 Å². The lowest BCUT2D eigenvalue weighted by Gasteiger charge is -2.33. The zero-order valence-corrected chi connectivity index (χ0v) is 40.6. The molecule has 0 spiro atoms. The number of benzene rings is 4. The van der Waals surface area contributed by atoms with Gasteiger partial charge in [0.05, 0.1) is 52.1 Å². The van der Waals surface area contributed by atoms with Crippen LogP contribution in [-0.4, -0.2) is 113 Å². The van der Waals surface area contributed by atoms with Crippen LogP contribution in [0.15, 0.2) is 77.3 Å². The fourth-order valence-corrected chi connectivity index (χ4v) is 8.80. The molecule has 1 amide bonds. The molecule has 17 nitrogen and oxygen atoms in total. The molecule has 2 saturated heterocycles. The summed E-state index contributed by atoms with van der Waals surface area (Å²) in [6.07, 6.45) is 8.82. The van der Waals surface area contributed by atoms with Gasteiger partial charge in [-0.15, -0.1) is 0 Å². The van der Waals surface area contributed by atoms with Crippen molar-refractivity contribution < 1.29 is 47.6 Å². The van der Waals surface area contributed by atoms with E-state index in [1.807, 2.05) is 36.4 Å². The number of fused-ring (bicyclic) bond motifs is 2.